The average molecular weight is 281 g/mol. The van der Waals surface area contributed by atoms with Gasteiger partial charge in [0.05, 0.1) is 6.42 Å². The highest BCUT2D eigenvalue weighted by molar-refractivity contribution is 5.85. The summed E-state index contributed by atoms with van der Waals surface area (Å²) >= 11 is 0. The second-order valence-corrected chi connectivity index (χ2v) is 5.04. The number of aromatic nitrogens is 2. The fraction of sp³-hybridized carbons (Fsp3) is 0.538. The highest BCUT2D eigenvalue weighted by atomic mass is 16.4. The number of nitrogens with zero attached hydrogens (tertiary/aromatic N) is 1. The molecule has 1 heterocycles. The van der Waals surface area contributed by atoms with Crippen LogP contribution in [-0.2, 0) is 16.0 Å². The average Bonchev–Trinajstić information content (AvgIpc) is 2.29. The molecule has 20 heavy (non-hydrogen) atoms. The number of amides is 1. The second kappa shape index (κ2) is 6.31. The van der Waals surface area contributed by atoms with Crippen molar-refractivity contribution in [1.82, 2.24) is 15.3 Å². The number of carbonyl (C=O) groups is 2. The Hall–Kier alpha value is -2.18. The van der Waals surface area contributed by atoms with E-state index in [9.17, 15) is 14.4 Å². The normalized spacial score (nSPS) is 12.2. The summed E-state index contributed by atoms with van der Waals surface area (Å²) in [5, 5.41) is 11.5. The standard InChI is InChI=1S/C13H19N3O4/c1-6(2)11(12(18)19)16-10(17)5-9-7(3)14-13(20)15-8(9)4/h6,11H,5H2,1-4H3,(H,16,17)(H,18,19)(H,14,15,20)/t11-/m1/s1. The molecule has 7 heteroatoms. The first kappa shape index (κ1) is 15.9. The Bertz CT molecular complexity index is 551. The van der Waals surface area contributed by atoms with Crippen LogP contribution in [0.3, 0.4) is 0 Å². The van der Waals surface area contributed by atoms with Crippen LogP contribution in [0.5, 0.6) is 0 Å². The van der Waals surface area contributed by atoms with E-state index in [1.807, 2.05) is 0 Å². The van der Waals surface area contributed by atoms with Crippen LogP contribution < -0.4 is 11.0 Å². The first-order valence-corrected chi connectivity index (χ1v) is 6.31. The van der Waals surface area contributed by atoms with Gasteiger partial charge in [-0.05, 0) is 19.8 Å². The summed E-state index contributed by atoms with van der Waals surface area (Å²) in [5.74, 6) is -1.69. The van der Waals surface area contributed by atoms with Crippen LogP contribution in [0.25, 0.3) is 0 Å². The number of H-pyrrole nitrogens is 1. The Kier molecular flexibility index (Phi) is 5.01. The lowest BCUT2D eigenvalue weighted by atomic mass is 10.0. The number of aryl methyl sites for hydroxylation is 2. The van der Waals surface area contributed by atoms with Gasteiger partial charge in [-0.15, -0.1) is 0 Å². The molecule has 1 atom stereocenters. The Labute approximate surface area is 116 Å². The van der Waals surface area contributed by atoms with E-state index in [4.69, 9.17) is 5.11 Å². The molecule has 0 bridgehead atoms. The third kappa shape index (κ3) is 3.91. The topological polar surface area (TPSA) is 112 Å². The number of hydrogen-bond donors (Lipinski definition) is 3. The van der Waals surface area contributed by atoms with Gasteiger partial charge in [-0.25, -0.2) is 9.59 Å². The van der Waals surface area contributed by atoms with Crippen LogP contribution in [0.2, 0.25) is 0 Å². The SMILES string of the molecule is Cc1nc(=O)[nH]c(C)c1CC(=O)N[C@@H](C(=O)O)C(C)C. The van der Waals surface area contributed by atoms with Crippen molar-refractivity contribution in [2.24, 2.45) is 5.92 Å². The molecule has 1 amide bonds. The van der Waals surface area contributed by atoms with Crippen molar-refractivity contribution >= 4 is 11.9 Å². The Morgan fingerprint density at radius 1 is 1.35 bits per heavy atom. The van der Waals surface area contributed by atoms with E-state index < -0.39 is 23.6 Å². The smallest absolute Gasteiger partial charge is 0.345 e. The van der Waals surface area contributed by atoms with E-state index in [0.29, 0.717) is 17.0 Å². The first-order valence-electron chi connectivity index (χ1n) is 6.31. The summed E-state index contributed by atoms with van der Waals surface area (Å²) in [7, 11) is 0. The number of aromatic amines is 1. The van der Waals surface area contributed by atoms with Gasteiger partial charge in [-0.3, -0.25) is 4.79 Å². The minimum atomic E-state index is -1.07. The molecule has 0 unspecified atom stereocenters. The predicted octanol–water partition coefficient (Wildman–Crippen LogP) is 0.155. The maximum atomic E-state index is 11.9. The van der Waals surface area contributed by atoms with Gasteiger partial charge in [0, 0.05) is 17.0 Å². The lowest BCUT2D eigenvalue weighted by Crippen LogP contribution is -2.45. The summed E-state index contributed by atoms with van der Waals surface area (Å²) in [6.07, 6.45) is -0.0159. The number of aliphatic carboxylic acids is 1. The van der Waals surface area contributed by atoms with Crippen molar-refractivity contribution in [3.8, 4) is 0 Å². The summed E-state index contributed by atoms with van der Waals surface area (Å²) in [5.41, 5.74) is 1.18. The monoisotopic (exact) mass is 281 g/mol. The molecule has 3 N–H and O–H groups in total. The van der Waals surface area contributed by atoms with Crippen LogP contribution in [0.4, 0.5) is 0 Å². The van der Waals surface area contributed by atoms with Gasteiger partial charge in [0.25, 0.3) is 0 Å². The van der Waals surface area contributed by atoms with E-state index in [2.05, 4.69) is 15.3 Å². The van der Waals surface area contributed by atoms with Gasteiger partial charge in [0.15, 0.2) is 0 Å². The fourth-order valence-corrected chi connectivity index (χ4v) is 1.91. The maximum absolute atomic E-state index is 11.9. The van der Waals surface area contributed by atoms with Crippen molar-refractivity contribution in [2.75, 3.05) is 0 Å². The van der Waals surface area contributed by atoms with Gasteiger partial charge in [0.2, 0.25) is 5.91 Å². The van der Waals surface area contributed by atoms with Crippen LogP contribution in [0.15, 0.2) is 4.79 Å². The van der Waals surface area contributed by atoms with Crippen LogP contribution >= 0.6 is 0 Å². The molecule has 0 saturated carbocycles. The molecular formula is C13H19N3O4. The number of carboxylic acid groups (broad SMARTS) is 1. The zero-order valence-corrected chi connectivity index (χ0v) is 12.0. The van der Waals surface area contributed by atoms with Crippen LogP contribution in [-0.4, -0.2) is 33.0 Å². The van der Waals surface area contributed by atoms with Gasteiger partial charge in [0.1, 0.15) is 6.04 Å². The number of rotatable bonds is 5. The summed E-state index contributed by atoms with van der Waals surface area (Å²) in [6, 6.07) is -0.932. The predicted molar refractivity (Wildman–Crippen MR) is 72.4 cm³/mol. The van der Waals surface area contributed by atoms with Gasteiger partial charge < -0.3 is 15.4 Å². The molecule has 0 aliphatic carbocycles. The highest BCUT2D eigenvalue weighted by Crippen LogP contribution is 2.08. The zero-order valence-electron chi connectivity index (χ0n) is 12.0. The van der Waals surface area contributed by atoms with Crippen molar-refractivity contribution in [3.63, 3.8) is 0 Å². The molecule has 0 spiro atoms. The molecule has 1 aromatic heterocycles. The third-order valence-corrected chi connectivity index (χ3v) is 3.04. The maximum Gasteiger partial charge on any atom is 0.345 e. The summed E-state index contributed by atoms with van der Waals surface area (Å²) in [6.45, 7) is 6.76. The summed E-state index contributed by atoms with van der Waals surface area (Å²) < 4.78 is 0. The first-order chi connectivity index (χ1) is 9.22. The van der Waals surface area contributed by atoms with Gasteiger partial charge in [-0.1, -0.05) is 13.8 Å². The fourth-order valence-electron chi connectivity index (χ4n) is 1.91. The quantitative estimate of drug-likeness (QED) is 0.711. The second-order valence-electron chi connectivity index (χ2n) is 5.04. The van der Waals surface area contributed by atoms with Crippen LogP contribution in [0.1, 0.15) is 30.8 Å². The van der Waals surface area contributed by atoms with Crippen molar-refractivity contribution < 1.29 is 14.7 Å². The molecule has 1 rings (SSSR count). The van der Waals surface area contributed by atoms with E-state index in [1.54, 1.807) is 27.7 Å². The van der Waals surface area contributed by atoms with Crippen molar-refractivity contribution in [3.05, 3.63) is 27.4 Å². The zero-order chi connectivity index (χ0) is 15.4. The Morgan fingerprint density at radius 2 is 1.95 bits per heavy atom. The lowest BCUT2D eigenvalue weighted by Gasteiger charge is -2.18. The molecular weight excluding hydrogens is 262 g/mol. The van der Waals surface area contributed by atoms with E-state index >= 15 is 0 Å². The number of carbonyl (C=O) groups excluding carboxylic acids is 1. The molecule has 1 aromatic rings. The number of nitrogens with one attached hydrogen (secondary N) is 2. The molecule has 110 valence electrons. The minimum Gasteiger partial charge on any atom is -0.480 e. The highest BCUT2D eigenvalue weighted by Gasteiger charge is 2.24. The number of carboxylic acids is 1. The van der Waals surface area contributed by atoms with Crippen LogP contribution in [0, 0.1) is 19.8 Å². The minimum absolute atomic E-state index is 0.0159. The molecule has 0 aliphatic heterocycles. The Balaban J connectivity index is 2.87. The van der Waals surface area contributed by atoms with Gasteiger partial charge in [-0.2, -0.15) is 4.98 Å². The molecule has 0 saturated heterocycles. The Morgan fingerprint density at radius 3 is 2.40 bits per heavy atom. The molecule has 7 nitrogen and oxygen atoms in total. The summed E-state index contributed by atoms with van der Waals surface area (Å²) in [4.78, 5) is 40.4. The third-order valence-electron chi connectivity index (χ3n) is 3.04. The van der Waals surface area contributed by atoms with E-state index in [-0.39, 0.29) is 12.3 Å². The largest absolute Gasteiger partial charge is 0.480 e. The van der Waals surface area contributed by atoms with E-state index in [1.165, 1.54) is 0 Å². The number of hydrogen-bond acceptors (Lipinski definition) is 4. The van der Waals surface area contributed by atoms with Crippen molar-refractivity contribution in [2.45, 2.75) is 40.2 Å². The lowest BCUT2D eigenvalue weighted by molar-refractivity contribution is -0.143. The molecule has 0 aliphatic rings. The molecule has 0 aromatic carbocycles. The molecule has 0 radical (unpaired) electrons. The van der Waals surface area contributed by atoms with Gasteiger partial charge >= 0.3 is 11.7 Å². The molecule has 0 fully saturated rings. The van der Waals surface area contributed by atoms with Crippen molar-refractivity contribution in [1.29, 1.82) is 0 Å². The van der Waals surface area contributed by atoms with E-state index in [0.717, 1.165) is 0 Å².